The fourth-order valence-corrected chi connectivity index (χ4v) is 6.88. The Morgan fingerprint density at radius 1 is 1.05 bits per heavy atom. The molecule has 1 unspecified atom stereocenters. The molecule has 0 heterocycles. The molecule has 0 bridgehead atoms. The SMILES string of the molecule is COc1ccc(C(=O)N[C@H]2CC[C@]3(C)CCC([C@H](C)C(=O)NCc4ccccc4OC)[C@H](O)[C@H]3[C@@H]2C)cc1. The van der Waals surface area contributed by atoms with Crippen LogP contribution in [0, 0.1) is 29.1 Å². The van der Waals surface area contributed by atoms with Crippen molar-refractivity contribution in [2.24, 2.45) is 29.1 Å². The monoisotopic (exact) mass is 522 g/mol. The first-order valence-corrected chi connectivity index (χ1v) is 13.7. The fourth-order valence-electron chi connectivity index (χ4n) is 6.88. The normalized spacial score (nSPS) is 29.5. The quantitative estimate of drug-likeness (QED) is 0.472. The Balaban J connectivity index is 1.42. The van der Waals surface area contributed by atoms with Gasteiger partial charge in [-0.3, -0.25) is 9.59 Å². The van der Waals surface area contributed by atoms with Crippen LogP contribution in [0.3, 0.4) is 0 Å². The second-order valence-electron chi connectivity index (χ2n) is 11.4. The van der Waals surface area contributed by atoms with Crippen molar-refractivity contribution in [3.8, 4) is 11.5 Å². The van der Waals surface area contributed by atoms with Gasteiger partial charge in [0.25, 0.3) is 5.91 Å². The smallest absolute Gasteiger partial charge is 0.251 e. The van der Waals surface area contributed by atoms with E-state index in [1.807, 2.05) is 31.2 Å². The number of fused-ring (bicyclic) bond motifs is 1. The number of amides is 2. The molecule has 0 aliphatic heterocycles. The van der Waals surface area contributed by atoms with E-state index in [0.29, 0.717) is 17.9 Å². The van der Waals surface area contributed by atoms with E-state index < -0.39 is 6.10 Å². The van der Waals surface area contributed by atoms with Gasteiger partial charge in [-0.2, -0.15) is 0 Å². The highest BCUT2D eigenvalue weighted by Crippen LogP contribution is 2.55. The van der Waals surface area contributed by atoms with Crippen molar-refractivity contribution < 1.29 is 24.2 Å². The highest BCUT2D eigenvalue weighted by molar-refractivity contribution is 5.94. The van der Waals surface area contributed by atoms with E-state index in [1.165, 1.54) is 0 Å². The van der Waals surface area contributed by atoms with E-state index in [2.05, 4.69) is 24.5 Å². The molecule has 2 aliphatic rings. The summed E-state index contributed by atoms with van der Waals surface area (Å²) in [6, 6.07) is 14.7. The number of benzene rings is 2. The number of ether oxygens (including phenoxy) is 2. The molecule has 2 aromatic rings. The summed E-state index contributed by atoms with van der Waals surface area (Å²) in [4.78, 5) is 26.2. The second kappa shape index (κ2) is 11.8. The third-order valence-electron chi connectivity index (χ3n) is 9.26. The van der Waals surface area contributed by atoms with Crippen LogP contribution in [0.5, 0.6) is 11.5 Å². The third-order valence-corrected chi connectivity index (χ3v) is 9.26. The molecule has 0 spiro atoms. The predicted molar refractivity (Wildman–Crippen MR) is 147 cm³/mol. The van der Waals surface area contributed by atoms with E-state index in [1.54, 1.807) is 38.5 Å². The van der Waals surface area contributed by atoms with Crippen molar-refractivity contribution in [3.63, 3.8) is 0 Å². The second-order valence-corrected chi connectivity index (χ2v) is 11.4. The first-order chi connectivity index (χ1) is 18.2. The van der Waals surface area contributed by atoms with Crippen LogP contribution >= 0.6 is 0 Å². The number of nitrogens with one attached hydrogen (secondary N) is 2. The first-order valence-electron chi connectivity index (χ1n) is 13.7. The maximum Gasteiger partial charge on any atom is 0.251 e. The summed E-state index contributed by atoms with van der Waals surface area (Å²) in [5, 5.41) is 18.0. The molecule has 3 N–H and O–H groups in total. The topological polar surface area (TPSA) is 96.9 Å². The van der Waals surface area contributed by atoms with Crippen LogP contribution in [0.4, 0.5) is 0 Å². The Hall–Kier alpha value is -3.06. The van der Waals surface area contributed by atoms with Crippen molar-refractivity contribution in [2.45, 2.75) is 65.1 Å². The van der Waals surface area contributed by atoms with Gasteiger partial charge in [0, 0.05) is 29.6 Å². The van der Waals surface area contributed by atoms with Crippen LogP contribution in [0.25, 0.3) is 0 Å². The van der Waals surface area contributed by atoms with Crippen LogP contribution in [-0.4, -0.2) is 43.3 Å². The van der Waals surface area contributed by atoms with Gasteiger partial charge in [-0.1, -0.05) is 39.0 Å². The van der Waals surface area contributed by atoms with Gasteiger partial charge in [-0.25, -0.2) is 0 Å². The van der Waals surface area contributed by atoms with Gasteiger partial charge in [0.1, 0.15) is 11.5 Å². The lowest BCUT2D eigenvalue weighted by Crippen LogP contribution is -2.58. The van der Waals surface area contributed by atoms with Gasteiger partial charge < -0.3 is 25.2 Å². The molecule has 4 rings (SSSR count). The van der Waals surface area contributed by atoms with E-state index in [4.69, 9.17) is 9.47 Å². The molecule has 7 heteroatoms. The minimum Gasteiger partial charge on any atom is -0.497 e. The molecule has 2 fully saturated rings. The Labute approximate surface area is 226 Å². The number of aliphatic hydroxyl groups excluding tert-OH is 1. The lowest BCUT2D eigenvalue weighted by Gasteiger charge is -2.56. The van der Waals surface area contributed by atoms with Gasteiger partial charge in [0.2, 0.25) is 5.91 Å². The van der Waals surface area contributed by atoms with Crippen molar-refractivity contribution in [1.29, 1.82) is 0 Å². The Kier molecular flexibility index (Phi) is 8.66. The zero-order valence-electron chi connectivity index (χ0n) is 23.2. The Bertz CT molecular complexity index is 1120. The zero-order valence-corrected chi connectivity index (χ0v) is 23.2. The number of hydrogen-bond acceptors (Lipinski definition) is 5. The number of carbonyl (C=O) groups excluding carboxylic acids is 2. The summed E-state index contributed by atoms with van der Waals surface area (Å²) >= 11 is 0. The molecule has 0 aromatic heterocycles. The Morgan fingerprint density at radius 3 is 2.42 bits per heavy atom. The van der Waals surface area contributed by atoms with Crippen LogP contribution in [0.1, 0.15) is 62.4 Å². The first kappa shape index (κ1) is 28.0. The van der Waals surface area contributed by atoms with Crippen LogP contribution < -0.4 is 20.1 Å². The lowest BCUT2D eigenvalue weighted by atomic mass is 9.51. The van der Waals surface area contributed by atoms with Crippen molar-refractivity contribution in [1.82, 2.24) is 10.6 Å². The maximum atomic E-state index is 13.2. The fraction of sp³-hybridized carbons (Fsp3) is 0.548. The minimum absolute atomic E-state index is 0.000588. The number of rotatable bonds is 8. The zero-order chi connectivity index (χ0) is 27.4. The summed E-state index contributed by atoms with van der Waals surface area (Å²) in [5.41, 5.74) is 1.50. The van der Waals surface area contributed by atoms with Gasteiger partial charge in [0.05, 0.1) is 20.3 Å². The summed E-state index contributed by atoms with van der Waals surface area (Å²) in [6.45, 7) is 6.71. The highest BCUT2D eigenvalue weighted by Gasteiger charge is 2.53. The van der Waals surface area contributed by atoms with E-state index >= 15 is 0 Å². The average molecular weight is 523 g/mol. The molecule has 0 saturated heterocycles. The molecule has 2 aromatic carbocycles. The van der Waals surface area contributed by atoms with E-state index in [0.717, 1.165) is 37.0 Å². The lowest BCUT2D eigenvalue weighted by molar-refractivity contribution is -0.142. The number of carbonyl (C=O) groups is 2. The van der Waals surface area contributed by atoms with Crippen molar-refractivity contribution in [3.05, 3.63) is 59.7 Å². The number of methoxy groups -OCH3 is 2. The molecule has 7 atom stereocenters. The molecular formula is C31H42N2O5. The van der Waals surface area contributed by atoms with Crippen molar-refractivity contribution >= 4 is 11.8 Å². The molecule has 2 saturated carbocycles. The number of hydrogen-bond donors (Lipinski definition) is 3. The largest absolute Gasteiger partial charge is 0.497 e. The summed E-state index contributed by atoms with van der Waals surface area (Å²) in [7, 11) is 3.22. The van der Waals surface area contributed by atoms with E-state index in [9.17, 15) is 14.7 Å². The predicted octanol–water partition coefficient (Wildman–Crippen LogP) is 4.58. The summed E-state index contributed by atoms with van der Waals surface area (Å²) < 4.78 is 10.6. The maximum absolute atomic E-state index is 13.2. The molecule has 2 amide bonds. The van der Waals surface area contributed by atoms with Gasteiger partial charge in [-0.15, -0.1) is 0 Å². The number of aliphatic hydroxyl groups is 1. The molecule has 2 aliphatic carbocycles. The molecular weight excluding hydrogens is 480 g/mol. The minimum atomic E-state index is -0.614. The molecule has 206 valence electrons. The van der Waals surface area contributed by atoms with Crippen LogP contribution in [0.15, 0.2) is 48.5 Å². The third kappa shape index (κ3) is 5.68. The summed E-state index contributed by atoms with van der Waals surface area (Å²) in [5.74, 6) is 0.900. The summed E-state index contributed by atoms with van der Waals surface area (Å²) in [6.07, 6.45) is 2.98. The van der Waals surface area contributed by atoms with Gasteiger partial charge in [0.15, 0.2) is 0 Å². The van der Waals surface area contributed by atoms with Crippen molar-refractivity contribution in [2.75, 3.05) is 14.2 Å². The highest BCUT2D eigenvalue weighted by atomic mass is 16.5. The number of para-hydroxylation sites is 1. The molecule has 7 nitrogen and oxygen atoms in total. The van der Waals surface area contributed by atoms with Gasteiger partial charge >= 0.3 is 0 Å². The van der Waals surface area contributed by atoms with Crippen LogP contribution in [-0.2, 0) is 11.3 Å². The molecule has 38 heavy (non-hydrogen) atoms. The average Bonchev–Trinajstić information content (AvgIpc) is 2.93. The van der Waals surface area contributed by atoms with Gasteiger partial charge in [-0.05, 0) is 79.2 Å². The van der Waals surface area contributed by atoms with Crippen LogP contribution in [0.2, 0.25) is 0 Å². The van der Waals surface area contributed by atoms with E-state index in [-0.39, 0.29) is 46.9 Å². The standard InChI is InChI=1S/C31H42N2O5/c1-19(29(35)32-18-22-8-6-7-9-26(22)38-5)24-14-16-31(3)17-15-25(20(2)27(31)28(24)34)33-30(36)21-10-12-23(37-4)13-11-21/h6-13,19-20,24-25,27-28,34H,14-18H2,1-5H3,(H,32,35)(H,33,36)/t19-,20+,24?,25-,27+,28-,31-/m0/s1. The Morgan fingerprint density at radius 2 is 1.74 bits per heavy atom. The molecule has 0 radical (unpaired) electrons.